The van der Waals surface area contributed by atoms with Crippen LogP contribution in [0.25, 0.3) is 0 Å². The number of ketones is 2. The van der Waals surface area contributed by atoms with Crippen molar-refractivity contribution in [2.24, 2.45) is 5.41 Å². The molecule has 0 amide bonds. The van der Waals surface area contributed by atoms with Crippen molar-refractivity contribution in [3.63, 3.8) is 0 Å². The molecule has 0 radical (unpaired) electrons. The normalized spacial score (nSPS) is 18.9. The molecule has 0 bridgehead atoms. The molecule has 0 saturated carbocycles. The summed E-state index contributed by atoms with van der Waals surface area (Å²) in [6, 6.07) is 23.4. The second-order valence-electron chi connectivity index (χ2n) is 11.9. The maximum atomic E-state index is 13.5. The SMILES string of the molecule is CC1(C)CC(=O)C2=C(C1)Nc1cc(C(=O)c3ccccc3)ccc1N[C@H]2c1ccc(C(C)(C)C)cc1. The fraction of sp³-hybridized carbons (Fsp3) is 0.312. The maximum Gasteiger partial charge on any atom is 0.193 e. The highest BCUT2D eigenvalue weighted by Gasteiger charge is 2.38. The van der Waals surface area contributed by atoms with E-state index in [0.717, 1.165) is 34.6 Å². The minimum Gasteiger partial charge on any atom is -0.372 e. The van der Waals surface area contributed by atoms with Crippen LogP contribution >= 0.6 is 0 Å². The molecule has 4 heteroatoms. The summed E-state index contributed by atoms with van der Waals surface area (Å²) in [4.78, 5) is 26.7. The first kappa shape index (κ1) is 24.1. The molecule has 5 rings (SSSR count). The molecule has 1 aliphatic carbocycles. The van der Waals surface area contributed by atoms with Crippen molar-refractivity contribution in [3.8, 4) is 0 Å². The first-order valence-electron chi connectivity index (χ1n) is 12.7. The van der Waals surface area contributed by atoms with Crippen LogP contribution < -0.4 is 10.6 Å². The van der Waals surface area contributed by atoms with Crippen molar-refractivity contribution in [2.45, 2.75) is 58.9 Å². The zero-order valence-corrected chi connectivity index (χ0v) is 21.7. The van der Waals surface area contributed by atoms with E-state index in [2.05, 4.69) is 69.5 Å². The van der Waals surface area contributed by atoms with Crippen LogP contribution in [0.15, 0.2) is 84.1 Å². The van der Waals surface area contributed by atoms with E-state index in [-0.39, 0.29) is 28.4 Å². The summed E-state index contributed by atoms with van der Waals surface area (Å²) in [5.74, 6) is 0.146. The van der Waals surface area contributed by atoms with Gasteiger partial charge in [0, 0.05) is 28.8 Å². The Morgan fingerprint density at radius 1 is 0.861 bits per heavy atom. The number of Topliss-reactive ketones (excluding diaryl/α,β-unsaturated/α-hetero) is 1. The number of fused-ring (bicyclic) bond motifs is 1. The van der Waals surface area contributed by atoms with Crippen LogP contribution in [0.3, 0.4) is 0 Å². The van der Waals surface area contributed by atoms with E-state index < -0.39 is 0 Å². The molecule has 1 heterocycles. The molecule has 4 nitrogen and oxygen atoms in total. The Hall–Kier alpha value is -3.66. The molecule has 184 valence electrons. The topological polar surface area (TPSA) is 58.2 Å². The molecule has 0 fully saturated rings. The van der Waals surface area contributed by atoms with Gasteiger partial charge in [-0.2, -0.15) is 0 Å². The lowest BCUT2D eigenvalue weighted by Crippen LogP contribution is -2.31. The quantitative estimate of drug-likeness (QED) is 0.384. The fourth-order valence-corrected chi connectivity index (χ4v) is 5.27. The third-order valence-corrected chi connectivity index (χ3v) is 7.22. The molecule has 0 spiro atoms. The van der Waals surface area contributed by atoms with Crippen LogP contribution in [0.5, 0.6) is 0 Å². The highest BCUT2D eigenvalue weighted by Crippen LogP contribution is 2.45. The van der Waals surface area contributed by atoms with Crippen LogP contribution in [0.2, 0.25) is 0 Å². The van der Waals surface area contributed by atoms with Gasteiger partial charge in [0.2, 0.25) is 0 Å². The lowest BCUT2D eigenvalue weighted by molar-refractivity contribution is -0.118. The number of hydrogen-bond donors (Lipinski definition) is 2. The standard InChI is InChI=1S/C32H34N2O2/c1-31(2,3)23-14-11-20(12-15-23)29-28-26(18-32(4,5)19-27(28)35)33-25-17-22(13-16-24(25)34-29)30(36)21-9-7-6-8-10-21/h6-17,29,33-34H,18-19H2,1-5H3/t29-/m0/s1. The highest BCUT2D eigenvalue weighted by atomic mass is 16.1. The van der Waals surface area contributed by atoms with Gasteiger partial charge in [0.25, 0.3) is 0 Å². The number of rotatable bonds is 3. The van der Waals surface area contributed by atoms with Crippen molar-refractivity contribution in [3.05, 3.63) is 106 Å². The molecule has 2 N–H and O–H groups in total. The van der Waals surface area contributed by atoms with E-state index in [4.69, 9.17) is 0 Å². The van der Waals surface area contributed by atoms with Gasteiger partial charge >= 0.3 is 0 Å². The summed E-state index contributed by atoms with van der Waals surface area (Å²) in [6.07, 6.45) is 1.28. The Labute approximate surface area is 213 Å². The van der Waals surface area contributed by atoms with Crippen LogP contribution in [0, 0.1) is 5.41 Å². The predicted molar refractivity (Wildman–Crippen MR) is 146 cm³/mol. The molecule has 3 aromatic rings. The number of benzene rings is 3. The van der Waals surface area contributed by atoms with Crippen LogP contribution in [-0.2, 0) is 10.2 Å². The first-order chi connectivity index (χ1) is 17.0. The van der Waals surface area contributed by atoms with E-state index in [1.54, 1.807) is 0 Å². The minimum absolute atomic E-state index is 0.0204. The number of carbonyl (C=O) groups excluding carboxylic acids is 2. The van der Waals surface area contributed by atoms with Gasteiger partial charge in [-0.3, -0.25) is 9.59 Å². The number of anilines is 2. The molecular formula is C32H34N2O2. The van der Waals surface area contributed by atoms with E-state index in [1.807, 2.05) is 48.5 Å². The molecule has 36 heavy (non-hydrogen) atoms. The van der Waals surface area contributed by atoms with E-state index in [0.29, 0.717) is 17.5 Å². The average Bonchev–Trinajstić information content (AvgIpc) is 2.99. The van der Waals surface area contributed by atoms with Crippen molar-refractivity contribution in [2.75, 3.05) is 10.6 Å². The number of nitrogens with one attached hydrogen (secondary N) is 2. The molecule has 0 saturated heterocycles. The van der Waals surface area contributed by atoms with Gasteiger partial charge < -0.3 is 10.6 Å². The van der Waals surface area contributed by atoms with Crippen molar-refractivity contribution >= 4 is 22.9 Å². The van der Waals surface area contributed by atoms with E-state index in [1.165, 1.54) is 5.56 Å². The van der Waals surface area contributed by atoms with Crippen molar-refractivity contribution < 1.29 is 9.59 Å². The second-order valence-corrected chi connectivity index (χ2v) is 11.9. The summed E-state index contributed by atoms with van der Waals surface area (Å²) in [5, 5.41) is 7.22. The summed E-state index contributed by atoms with van der Waals surface area (Å²) in [6.45, 7) is 10.9. The Balaban J connectivity index is 1.59. The van der Waals surface area contributed by atoms with Gasteiger partial charge in [-0.1, -0.05) is 89.2 Å². The lowest BCUT2D eigenvalue weighted by Gasteiger charge is -2.34. The highest BCUT2D eigenvalue weighted by molar-refractivity contribution is 6.10. The molecule has 0 aromatic heterocycles. The summed E-state index contributed by atoms with van der Waals surface area (Å²) >= 11 is 0. The second kappa shape index (κ2) is 8.77. The Bertz CT molecular complexity index is 1360. The van der Waals surface area contributed by atoms with Gasteiger partial charge in [-0.25, -0.2) is 0 Å². The van der Waals surface area contributed by atoms with Gasteiger partial charge in [-0.15, -0.1) is 0 Å². The summed E-state index contributed by atoms with van der Waals surface area (Å²) in [5.41, 5.74) is 6.95. The first-order valence-corrected chi connectivity index (χ1v) is 12.7. The average molecular weight is 479 g/mol. The lowest BCUT2D eigenvalue weighted by atomic mass is 9.73. The van der Waals surface area contributed by atoms with Crippen molar-refractivity contribution in [1.82, 2.24) is 0 Å². The Morgan fingerprint density at radius 3 is 2.22 bits per heavy atom. The van der Waals surface area contributed by atoms with Gasteiger partial charge in [0.15, 0.2) is 11.6 Å². The number of hydrogen-bond acceptors (Lipinski definition) is 4. The molecule has 3 aromatic carbocycles. The van der Waals surface area contributed by atoms with E-state index in [9.17, 15) is 9.59 Å². The molecule has 1 aliphatic heterocycles. The minimum atomic E-state index is -0.262. The third-order valence-electron chi connectivity index (χ3n) is 7.22. The maximum absolute atomic E-state index is 13.5. The third kappa shape index (κ3) is 4.60. The van der Waals surface area contributed by atoms with Gasteiger partial charge in [0.1, 0.15) is 0 Å². The largest absolute Gasteiger partial charge is 0.372 e. The van der Waals surface area contributed by atoms with Crippen molar-refractivity contribution in [1.29, 1.82) is 0 Å². The predicted octanol–water partition coefficient (Wildman–Crippen LogP) is 7.44. The number of allylic oxidation sites excluding steroid dienone is 1. The van der Waals surface area contributed by atoms with Crippen LogP contribution in [0.1, 0.15) is 80.6 Å². The molecule has 0 unspecified atom stereocenters. The van der Waals surface area contributed by atoms with Gasteiger partial charge in [-0.05, 0) is 46.6 Å². The Morgan fingerprint density at radius 2 is 1.56 bits per heavy atom. The molecular weight excluding hydrogens is 444 g/mol. The zero-order chi connectivity index (χ0) is 25.7. The smallest absolute Gasteiger partial charge is 0.193 e. The van der Waals surface area contributed by atoms with Crippen LogP contribution in [0.4, 0.5) is 11.4 Å². The van der Waals surface area contributed by atoms with Crippen LogP contribution in [-0.4, -0.2) is 11.6 Å². The number of carbonyl (C=O) groups is 2. The van der Waals surface area contributed by atoms with E-state index >= 15 is 0 Å². The Kier molecular flexibility index (Phi) is 5.86. The monoisotopic (exact) mass is 478 g/mol. The molecule has 1 atom stereocenters. The summed E-state index contributed by atoms with van der Waals surface area (Å²) < 4.78 is 0. The summed E-state index contributed by atoms with van der Waals surface area (Å²) in [7, 11) is 0. The fourth-order valence-electron chi connectivity index (χ4n) is 5.27. The van der Waals surface area contributed by atoms with Gasteiger partial charge in [0.05, 0.1) is 17.4 Å². The molecule has 2 aliphatic rings. The zero-order valence-electron chi connectivity index (χ0n) is 21.7.